The van der Waals surface area contributed by atoms with Crippen LogP contribution in [0.2, 0.25) is 0 Å². The Morgan fingerprint density at radius 2 is 2.00 bits per heavy atom. The van der Waals surface area contributed by atoms with Crippen molar-refractivity contribution in [1.82, 2.24) is 18.9 Å². The van der Waals surface area contributed by atoms with Gasteiger partial charge in [0.25, 0.3) is 0 Å². The van der Waals surface area contributed by atoms with Crippen LogP contribution in [-0.4, -0.2) is 53.8 Å². The summed E-state index contributed by atoms with van der Waals surface area (Å²) in [5, 5.41) is 4.28. The molecule has 0 atom stereocenters. The average Bonchev–Trinajstić information content (AvgIpc) is 3.06. The van der Waals surface area contributed by atoms with E-state index in [0.717, 1.165) is 5.56 Å². The zero-order chi connectivity index (χ0) is 20.6. The summed E-state index contributed by atoms with van der Waals surface area (Å²) in [7, 11) is -1.56. The molecule has 0 N–H and O–H groups in total. The van der Waals surface area contributed by atoms with Crippen LogP contribution in [-0.2, 0) is 23.1 Å². The Balaban J connectivity index is 1.79. The van der Waals surface area contributed by atoms with E-state index < -0.39 is 10.0 Å². The predicted octanol–water partition coefficient (Wildman–Crippen LogP) is 2.05. The molecule has 154 valence electrons. The highest BCUT2D eigenvalue weighted by atomic mass is 32.2. The van der Waals surface area contributed by atoms with Crippen molar-refractivity contribution < 1.29 is 17.5 Å². The van der Waals surface area contributed by atoms with E-state index in [1.165, 1.54) is 22.7 Å². The van der Waals surface area contributed by atoms with Crippen LogP contribution in [0.5, 0.6) is 5.75 Å². The number of halogens is 1. The summed E-state index contributed by atoms with van der Waals surface area (Å²) < 4.78 is 47.2. The summed E-state index contributed by atoms with van der Waals surface area (Å²) in [5.74, 6) is 0.899. The van der Waals surface area contributed by atoms with Crippen LogP contribution in [0.25, 0.3) is 5.65 Å². The quantitative estimate of drug-likeness (QED) is 0.601. The topological polar surface area (TPSA) is 80.0 Å². The SMILES string of the molecule is CN1Cc2cc(F)ccc2OCCCN(S(C)(=O)=O)Cc2cnn3ccc1nc23. The van der Waals surface area contributed by atoms with Crippen molar-refractivity contribution in [2.45, 2.75) is 19.5 Å². The number of fused-ring (bicyclic) bond motifs is 2. The molecule has 3 aromatic rings. The third kappa shape index (κ3) is 4.18. The Kier molecular flexibility index (Phi) is 5.13. The Morgan fingerprint density at radius 3 is 2.79 bits per heavy atom. The van der Waals surface area contributed by atoms with Crippen LogP contribution in [0.4, 0.5) is 10.2 Å². The lowest BCUT2D eigenvalue weighted by Gasteiger charge is -2.23. The van der Waals surface area contributed by atoms with Gasteiger partial charge in [0.2, 0.25) is 10.0 Å². The van der Waals surface area contributed by atoms with Crippen molar-refractivity contribution in [3.8, 4) is 5.75 Å². The number of hydrogen-bond acceptors (Lipinski definition) is 6. The molecule has 1 aromatic carbocycles. The molecule has 2 aromatic heterocycles. The van der Waals surface area contributed by atoms with Crippen LogP contribution < -0.4 is 9.64 Å². The van der Waals surface area contributed by atoms with Gasteiger partial charge in [-0.3, -0.25) is 0 Å². The third-order valence-corrected chi connectivity index (χ3v) is 6.12. The lowest BCUT2D eigenvalue weighted by molar-refractivity contribution is 0.284. The number of aromatic nitrogens is 3. The molecule has 8 nitrogen and oxygen atoms in total. The summed E-state index contributed by atoms with van der Waals surface area (Å²) in [6.45, 7) is 1.22. The van der Waals surface area contributed by atoms with Gasteiger partial charge >= 0.3 is 0 Å². The van der Waals surface area contributed by atoms with E-state index in [0.29, 0.717) is 48.9 Å². The molecule has 3 heterocycles. The number of ether oxygens (including phenoxy) is 1. The molecule has 0 aliphatic carbocycles. The summed E-state index contributed by atoms with van der Waals surface area (Å²) in [4.78, 5) is 6.55. The number of rotatable bonds is 1. The van der Waals surface area contributed by atoms with Crippen LogP contribution in [0.15, 0.2) is 36.7 Å². The summed E-state index contributed by atoms with van der Waals surface area (Å²) >= 11 is 0. The third-order valence-electron chi connectivity index (χ3n) is 4.87. The number of sulfonamides is 1. The molecule has 0 spiro atoms. The fraction of sp³-hybridized carbons (Fsp3) is 0.368. The van der Waals surface area contributed by atoms with E-state index in [1.54, 1.807) is 23.0 Å². The first-order valence-corrected chi connectivity index (χ1v) is 11.1. The van der Waals surface area contributed by atoms with E-state index in [2.05, 4.69) is 10.1 Å². The van der Waals surface area contributed by atoms with Gasteiger partial charge < -0.3 is 9.64 Å². The highest BCUT2D eigenvalue weighted by Gasteiger charge is 2.21. The lowest BCUT2D eigenvalue weighted by Crippen LogP contribution is -2.31. The largest absolute Gasteiger partial charge is 0.493 e. The van der Waals surface area contributed by atoms with Crippen molar-refractivity contribution >= 4 is 21.5 Å². The molecule has 4 rings (SSSR count). The number of hydrogen-bond donors (Lipinski definition) is 0. The molecule has 2 bridgehead atoms. The van der Waals surface area contributed by atoms with Crippen molar-refractivity contribution in [2.75, 3.05) is 31.4 Å². The second-order valence-electron chi connectivity index (χ2n) is 7.13. The molecule has 1 aliphatic heterocycles. The van der Waals surface area contributed by atoms with Gasteiger partial charge in [0, 0.05) is 44.0 Å². The first-order valence-electron chi connectivity index (χ1n) is 9.22. The molecule has 0 radical (unpaired) electrons. The maximum atomic E-state index is 13.8. The Hall–Kier alpha value is -2.72. The van der Waals surface area contributed by atoms with Crippen LogP contribution in [0.1, 0.15) is 17.5 Å². The first-order chi connectivity index (χ1) is 13.8. The minimum absolute atomic E-state index is 0.185. The maximum absolute atomic E-state index is 13.8. The van der Waals surface area contributed by atoms with E-state index >= 15 is 0 Å². The lowest BCUT2D eigenvalue weighted by atomic mass is 10.2. The van der Waals surface area contributed by atoms with Crippen molar-refractivity contribution in [3.05, 3.63) is 53.6 Å². The molecule has 0 saturated carbocycles. The first kappa shape index (κ1) is 19.6. The van der Waals surface area contributed by atoms with Crippen molar-refractivity contribution in [2.24, 2.45) is 0 Å². The van der Waals surface area contributed by atoms with Crippen LogP contribution >= 0.6 is 0 Å². The highest BCUT2D eigenvalue weighted by Crippen LogP contribution is 2.25. The summed E-state index contributed by atoms with van der Waals surface area (Å²) in [6.07, 6.45) is 5.10. The molecule has 1 aliphatic rings. The Labute approximate surface area is 168 Å². The molecule has 29 heavy (non-hydrogen) atoms. The minimum Gasteiger partial charge on any atom is -0.493 e. The second kappa shape index (κ2) is 7.60. The zero-order valence-electron chi connectivity index (χ0n) is 16.2. The van der Waals surface area contributed by atoms with E-state index in [4.69, 9.17) is 4.74 Å². The zero-order valence-corrected chi connectivity index (χ0v) is 17.1. The smallest absolute Gasteiger partial charge is 0.211 e. The maximum Gasteiger partial charge on any atom is 0.211 e. The van der Waals surface area contributed by atoms with Gasteiger partial charge in [0.15, 0.2) is 5.65 Å². The van der Waals surface area contributed by atoms with Gasteiger partial charge in [-0.2, -0.15) is 9.40 Å². The fourth-order valence-corrected chi connectivity index (χ4v) is 4.19. The van der Waals surface area contributed by atoms with E-state index in [9.17, 15) is 12.8 Å². The van der Waals surface area contributed by atoms with Crippen molar-refractivity contribution in [3.63, 3.8) is 0 Å². The van der Waals surface area contributed by atoms with Crippen LogP contribution in [0.3, 0.4) is 0 Å². The second-order valence-corrected chi connectivity index (χ2v) is 9.11. The fourth-order valence-electron chi connectivity index (χ4n) is 3.35. The van der Waals surface area contributed by atoms with Crippen molar-refractivity contribution in [1.29, 1.82) is 0 Å². The summed E-state index contributed by atoms with van der Waals surface area (Å²) in [6, 6.07) is 6.21. The minimum atomic E-state index is -3.42. The highest BCUT2D eigenvalue weighted by molar-refractivity contribution is 7.88. The Morgan fingerprint density at radius 1 is 1.17 bits per heavy atom. The van der Waals surface area contributed by atoms with Crippen LogP contribution in [0, 0.1) is 5.82 Å². The number of benzene rings is 1. The standard InChI is InChI=1S/C19H22FN5O3S/c1-23-12-14-10-16(20)4-5-17(14)28-9-3-7-24(29(2,26)27)13-15-11-21-25-8-6-18(23)22-19(15)25/h4-6,8,10-11H,3,7,9,12-13H2,1-2H3. The normalized spacial score (nSPS) is 16.4. The number of nitrogens with zero attached hydrogens (tertiary/aromatic N) is 5. The van der Waals surface area contributed by atoms with Gasteiger partial charge in [-0.05, 0) is 30.7 Å². The monoisotopic (exact) mass is 419 g/mol. The Bertz CT molecular complexity index is 1150. The molecule has 0 fully saturated rings. The van der Waals surface area contributed by atoms with Gasteiger partial charge in [0.1, 0.15) is 17.4 Å². The molecule has 10 heteroatoms. The van der Waals surface area contributed by atoms with E-state index in [-0.39, 0.29) is 12.4 Å². The average molecular weight is 419 g/mol. The molecular formula is C19H22FN5O3S. The number of anilines is 1. The van der Waals surface area contributed by atoms with E-state index in [1.807, 2.05) is 18.0 Å². The van der Waals surface area contributed by atoms with Gasteiger partial charge in [0.05, 0.1) is 19.1 Å². The molecular weight excluding hydrogens is 397 g/mol. The van der Waals surface area contributed by atoms with Gasteiger partial charge in [-0.15, -0.1) is 0 Å². The molecule has 0 unspecified atom stereocenters. The van der Waals surface area contributed by atoms with Gasteiger partial charge in [-0.1, -0.05) is 0 Å². The van der Waals surface area contributed by atoms with Gasteiger partial charge in [-0.25, -0.2) is 22.3 Å². The molecule has 0 amide bonds. The predicted molar refractivity (Wildman–Crippen MR) is 107 cm³/mol. The molecule has 0 saturated heterocycles. The summed E-state index contributed by atoms with van der Waals surface area (Å²) in [5.41, 5.74) is 2.01.